The third-order valence-electron chi connectivity index (χ3n) is 1.75. The van der Waals surface area contributed by atoms with Crippen molar-refractivity contribution in [3.8, 4) is 0 Å². The highest BCUT2D eigenvalue weighted by molar-refractivity contribution is 7.46. The van der Waals surface area contributed by atoms with Gasteiger partial charge in [0.1, 0.15) is 0 Å². The molecule has 0 saturated carbocycles. The molecule has 4 nitrogen and oxygen atoms in total. The fraction of sp³-hybridized carbons (Fsp3) is 1.00. The summed E-state index contributed by atoms with van der Waals surface area (Å²) in [6, 6.07) is 0. The molecule has 0 heterocycles. The summed E-state index contributed by atoms with van der Waals surface area (Å²) in [5.41, 5.74) is 0. The van der Waals surface area contributed by atoms with Crippen molar-refractivity contribution in [2.45, 2.75) is 33.1 Å². The van der Waals surface area contributed by atoms with E-state index in [0.29, 0.717) is 0 Å². The van der Waals surface area contributed by atoms with Crippen molar-refractivity contribution >= 4 is 7.82 Å². The van der Waals surface area contributed by atoms with Crippen molar-refractivity contribution in [2.75, 3.05) is 6.61 Å². The quantitative estimate of drug-likeness (QED) is 0.637. The van der Waals surface area contributed by atoms with Crippen LogP contribution >= 0.6 is 7.82 Å². The maximum atomic E-state index is 10.3. The van der Waals surface area contributed by atoms with Crippen molar-refractivity contribution in [1.82, 2.24) is 0 Å². The minimum Gasteiger partial charge on any atom is -0.303 e. The Morgan fingerprint density at radius 3 is 2.33 bits per heavy atom. The highest BCUT2D eigenvalue weighted by Gasteiger charge is 2.16. The van der Waals surface area contributed by atoms with E-state index >= 15 is 0 Å². The molecule has 5 heteroatoms. The first kappa shape index (κ1) is 12.1. The summed E-state index contributed by atoms with van der Waals surface area (Å²) in [6.45, 7) is 4.19. The lowest BCUT2D eigenvalue weighted by atomic mass is 10.0. The predicted octanol–water partition coefficient (Wildman–Crippen LogP) is 1.92. The molecule has 12 heavy (non-hydrogen) atoms. The third-order valence-corrected chi connectivity index (χ3v) is 2.24. The predicted molar refractivity (Wildman–Crippen MR) is 46.7 cm³/mol. The Morgan fingerprint density at radius 2 is 2.00 bits per heavy atom. The van der Waals surface area contributed by atoms with Crippen molar-refractivity contribution in [2.24, 2.45) is 5.92 Å². The van der Waals surface area contributed by atoms with E-state index in [-0.39, 0.29) is 12.5 Å². The first-order valence-electron chi connectivity index (χ1n) is 4.19. The summed E-state index contributed by atoms with van der Waals surface area (Å²) in [7, 11) is -4.26. The van der Waals surface area contributed by atoms with Crippen LogP contribution in [-0.2, 0) is 9.09 Å². The summed E-state index contributed by atoms with van der Waals surface area (Å²) < 4.78 is 14.7. The molecule has 0 aliphatic heterocycles. The molecule has 2 N–H and O–H groups in total. The van der Waals surface area contributed by atoms with Gasteiger partial charge in [0.2, 0.25) is 0 Å². The van der Waals surface area contributed by atoms with Crippen LogP contribution in [0.5, 0.6) is 0 Å². The van der Waals surface area contributed by atoms with E-state index in [1.807, 2.05) is 13.8 Å². The van der Waals surface area contributed by atoms with Gasteiger partial charge in [0.25, 0.3) is 0 Å². The number of hydrogen-bond acceptors (Lipinski definition) is 2. The molecule has 74 valence electrons. The van der Waals surface area contributed by atoms with Gasteiger partial charge < -0.3 is 9.79 Å². The van der Waals surface area contributed by atoms with Crippen molar-refractivity contribution in [1.29, 1.82) is 0 Å². The average Bonchev–Trinajstić information content (AvgIpc) is 1.96. The molecule has 0 aromatic rings. The molecule has 0 bridgehead atoms. The van der Waals surface area contributed by atoms with Gasteiger partial charge >= 0.3 is 7.82 Å². The molecular formula is C7H17O4P. The lowest BCUT2D eigenvalue weighted by Gasteiger charge is -2.13. The largest absolute Gasteiger partial charge is 0.469 e. The van der Waals surface area contributed by atoms with Crippen molar-refractivity contribution < 1.29 is 18.9 Å². The molecule has 0 fully saturated rings. The Bertz CT molecular complexity index is 153. The van der Waals surface area contributed by atoms with Crippen LogP contribution in [0.2, 0.25) is 0 Å². The van der Waals surface area contributed by atoms with E-state index in [1.54, 1.807) is 0 Å². The molecule has 0 aromatic carbocycles. The highest BCUT2D eigenvalue weighted by Crippen LogP contribution is 2.36. The molecule has 0 rings (SSSR count). The van der Waals surface area contributed by atoms with Gasteiger partial charge in [-0.2, -0.15) is 0 Å². The van der Waals surface area contributed by atoms with Crippen LogP contribution in [0.25, 0.3) is 0 Å². The fourth-order valence-electron chi connectivity index (χ4n) is 1.02. The first-order valence-corrected chi connectivity index (χ1v) is 5.72. The monoisotopic (exact) mass is 196 g/mol. The van der Waals surface area contributed by atoms with E-state index in [2.05, 4.69) is 4.52 Å². The maximum Gasteiger partial charge on any atom is 0.469 e. The molecule has 0 aromatic heterocycles. The second-order valence-corrected chi connectivity index (χ2v) is 4.09. The zero-order chi connectivity index (χ0) is 9.61. The van der Waals surface area contributed by atoms with Gasteiger partial charge in [-0.3, -0.25) is 4.52 Å². The summed E-state index contributed by atoms with van der Waals surface area (Å²) in [6.07, 6.45) is 2.87. The van der Waals surface area contributed by atoms with Gasteiger partial charge in [0, 0.05) is 0 Å². The molecule has 0 aliphatic rings. The second-order valence-electron chi connectivity index (χ2n) is 2.85. The molecule has 0 saturated heterocycles. The third kappa shape index (κ3) is 6.80. The summed E-state index contributed by atoms with van der Waals surface area (Å²) in [5.74, 6) is 0.266. The lowest BCUT2D eigenvalue weighted by molar-refractivity contribution is 0.162. The molecule has 0 spiro atoms. The van der Waals surface area contributed by atoms with Gasteiger partial charge in [-0.1, -0.05) is 26.7 Å². The number of hydrogen-bond donors (Lipinski definition) is 2. The number of rotatable bonds is 6. The highest BCUT2D eigenvalue weighted by atomic mass is 31.2. The second kappa shape index (κ2) is 5.70. The smallest absolute Gasteiger partial charge is 0.303 e. The SMILES string of the molecule is CCCC(CC)COP(=O)(O)O. The lowest BCUT2D eigenvalue weighted by Crippen LogP contribution is -2.07. The standard InChI is InChI=1S/C7H17O4P/c1-3-5-7(4-2)6-11-12(8,9)10/h7H,3-6H2,1-2H3,(H2,8,9,10). The Kier molecular flexibility index (Phi) is 5.76. The summed E-state index contributed by atoms with van der Waals surface area (Å²) in [5, 5.41) is 0. The maximum absolute atomic E-state index is 10.3. The molecule has 0 aliphatic carbocycles. The first-order chi connectivity index (χ1) is 5.49. The van der Waals surface area contributed by atoms with Crippen molar-refractivity contribution in [3.05, 3.63) is 0 Å². The van der Waals surface area contributed by atoms with Gasteiger partial charge in [-0.15, -0.1) is 0 Å². The van der Waals surface area contributed by atoms with Gasteiger partial charge in [0.15, 0.2) is 0 Å². The van der Waals surface area contributed by atoms with Crippen molar-refractivity contribution in [3.63, 3.8) is 0 Å². The van der Waals surface area contributed by atoms with Crippen LogP contribution in [-0.4, -0.2) is 16.4 Å². The van der Waals surface area contributed by atoms with E-state index in [9.17, 15) is 4.57 Å². The Hall–Kier alpha value is 0.110. The fourth-order valence-corrected chi connectivity index (χ4v) is 1.42. The molecule has 1 atom stereocenters. The Morgan fingerprint density at radius 1 is 1.42 bits per heavy atom. The van der Waals surface area contributed by atoms with Crippen LogP contribution in [0, 0.1) is 5.92 Å². The zero-order valence-electron chi connectivity index (χ0n) is 7.56. The van der Waals surface area contributed by atoms with E-state index in [0.717, 1.165) is 19.3 Å². The molecule has 0 amide bonds. The summed E-state index contributed by atoms with van der Waals surface area (Å²) >= 11 is 0. The van der Waals surface area contributed by atoms with Crippen LogP contribution in [0.4, 0.5) is 0 Å². The van der Waals surface area contributed by atoms with Crippen LogP contribution in [0.15, 0.2) is 0 Å². The topological polar surface area (TPSA) is 66.8 Å². The minimum atomic E-state index is -4.26. The Labute approximate surface area is 73.2 Å². The van der Waals surface area contributed by atoms with E-state index in [4.69, 9.17) is 9.79 Å². The minimum absolute atomic E-state index is 0.161. The van der Waals surface area contributed by atoms with Gasteiger partial charge in [-0.25, -0.2) is 4.57 Å². The molecular weight excluding hydrogens is 179 g/mol. The summed E-state index contributed by atoms with van der Waals surface area (Å²) in [4.78, 5) is 16.8. The van der Waals surface area contributed by atoms with Crippen LogP contribution in [0.1, 0.15) is 33.1 Å². The Balaban J connectivity index is 3.65. The number of phosphoric acid groups is 1. The van der Waals surface area contributed by atoms with E-state index in [1.165, 1.54) is 0 Å². The van der Waals surface area contributed by atoms with Crippen LogP contribution < -0.4 is 0 Å². The van der Waals surface area contributed by atoms with Crippen LogP contribution in [0.3, 0.4) is 0 Å². The van der Waals surface area contributed by atoms with Gasteiger partial charge in [-0.05, 0) is 12.3 Å². The zero-order valence-corrected chi connectivity index (χ0v) is 8.46. The average molecular weight is 196 g/mol. The molecule has 1 unspecified atom stereocenters. The molecule has 0 radical (unpaired) electrons. The van der Waals surface area contributed by atoms with E-state index < -0.39 is 7.82 Å². The number of phosphoric ester groups is 1. The normalized spacial score (nSPS) is 14.7. The van der Waals surface area contributed by atoms with Gasteiger partial charge in [0.05, 0.1) is 6.61 Å².